The fraction of sp³-hybridized carbons (Fsp3) is 0.778. The van der Waals surface area contributed by atoms with Gasteiger partial charge in [0.15, 0.2) is 0 Å². The zero-order valence-electron chi connectivity index (χ0n) is 13.4. The van der Waals surface area contributed by atoms with Gasteiger partial charge in [-0.2, -0.15) is 0 Å². The summed E-state index contributed by atoms with van der Waals surface area (Å²) in [5.74, 6) is 0.695. The molecule has 0 saturated carbocycles. The van der Waals surface area contributed by atoms with E-state index in [0.29, 0.717) is 5.92 Å². The van der Waals surface area contributed by atoms with Gasteiger partial charge in [0.2, 0.25) is 0 Å². The van der Waals surface area contributed by atoms with E-state index in [1.807, 2.05) is 0 Å². The van der Waals surface area contributed by atoms with Gasteiger partial charge in [0, 0.05) is 5.41 Å². The quantitative estimate of drug-likeness (QED) is 0.311. The van der Waals surface area contributed by atoms with Crippen molar-refractivity contribution < 1.29 is 0 Å². The van der Waals surface area contributed by atoms with Crippen LogP contribution < -0.4 is 0 Å². The van der Waals surface area contributed by atoms with Crippen molar-refractivity contribution in [1.29, 1.82) is 0 Å². The highest BCUT2D eigenvalue weighted by atomic mass is 14.4. The maximum absolute atomic E-state index is 4.00. The molecule has 0 fully saturated rings. The van der Waals surface area contributed by atoms with E-state index in [9.17, 15) is 0 Å². The average molecular weight is 250 g/mol. The van der Waals surface area contributed by atoms with Crippen LogP contribution in [0.1, 0.15) is 73.1 Å². The Morgan fingerprint density at radius 2 is 1.44 bits per heavy atom. The van der Waals surface area contributed by atoms with Crippen molar-refractivity contribution in [2.24, 2.45) is 16.7 Å². The van der Waals surface area contributed by atoms with Crippen LogP contribution in [0.15, 0.2) is 25.3 Å². The topological polar surface area (TPSA) is 0 Å². The summed E-state index contributed by atoms with van der Waals surface area (Å²) in [5.41, 5.74) is 0.247. The first kappa shape index (κ1) is 17.5. The summed E-state index contributed by atoms with van der Waals surface area (Å²) in [4.78, 5) is 0. The second-order valence-electron chi connectivity index (χ2n) is 6.52. The van der Waals surface area contributed by atoms with E-state index >= 15 is 0 Å². The van der Waals surface area contributed by atoms with Gasteiger partial charge in [0.05, 0.1) is 0 Å². The molecule has 18 heavy (non-hydrogen) atoms. The Bertz CT molecular complexity index is 239. The summed E-state index contributed by atoms with van der Waals surface area (Å²) in [7, 11) is 0. The summed E-state index contributed by atoms with van der Waals surface area (Å²) < 4.78 is 0. The minimum Gasteiger partial charge on any atom is -0.102 e. The van der Waals surface area contributed by atoms with Gasteiger partial charge in [-0.15, -0.1) is 13.2 Å². The molecular weight excluding hydrogens is 216 g/mol. The molecule has 0 nitrogen and oxygen atoms in total. The van der Waals surface area contributed by atoms with Gasteiger partial charge in [-0.05, 0) is 11.3 Å². The lowest BCUT2D eigenvalue weighted by atomic mass is 9.60. The van der Waals surface area contributed by atoms with Gasteiger partial charge in [-0.25, -0.2) is 0 Å². The number of hydrogen-bond donors (Lipinski definition) is 0. The molecule has 0 spiro atoms. The van der Waals surface area contributed by atoms with E-state index in [0.717, 1.165) is 0 Å². The maximum Gasteiger partial charge on any atom is 0.00811 e. The third kappa shape index (κ3) is 4.30. The molecule has 0 aliphatic carbocycles. The minimum absolute atomic E-state index is 0.0236. The monoisotopic (exact) mass is 250 g/mol. The molecule has 1 atom stereocenters. The molecule has 0 aliphatic heterocycles. The molecular formula is C18H34. The molecule has 1 unspecified atom stereocenters. The lowest BCUT2D eigenvalue weighted by molar-refractivity contribution is 0.105. The van der Waals surface area contributed by atoms with Crippen LogP contribution in [-0.4, -0.2) is 0 Å². The number of allylic oxidation sites excluding steroid dienone is 2. The molecule has 0 heterocycles. The molecule has 0 heteroatoms. The van der Waals surface area contributed by atoms with Crippen molar-refractivity contribution in [2.45, 2.75) is 73.1 Å². The molecule has 0 amide bonds. The standard InChI is InChI=1S/C18H34/c1-8-11-12-13-14-15-16(4)17(5,6)18(7,9-2)10-3/h9-10,16H,2-3,8,11-15H2,1,4-7H3. The highest BCUT2D eigenvalue weighted by Crippen LogP contribution is 2.47. The Kier molecular flexibility index (Phi) is 7.59. The molecule has 0 aromatic heterocycles. The zero-order chi connectivity index (χ0) is 14.2. The van der Waals surface area contributed by atoms with Crippen molar-refractivity contribution in [3.63, 3.8) is 0 Å². The lowest BCUT2D eigenvalue weighted by Crippen LogP contribution is -2.37. The van der Waals surface area contributed by atoms with Crippen molar-refractivity contribution in [2.75, 3.05) is 0 Å². The predicted molar refractivity (Wildman–Crippen MR) is 84.8 cm³/mol. The second kappa shape index (κ2) is 7.81. The van der Waals surface area contributed by atoms with Gasteiger partial charge in [-0.1, -0.05) is 85.3 Å². The number of hydrogen-bond acceptors (Lipinski definition) is 0. The first-order valence-electron chi connectivity index (χ1n) is 7.63. The second-order valence-corrected chi connectivity index (χ2v) is 6.52. The minimum atomic E-state index is 0.0236. The van der Waals surface area contributed by atoms with Crippen molar-refractivity contribution in [3.8, 4) is 0 Å². The van der Waals surface area contributed by atoms with Crippen LogP contribution >= 0.6 is 0 Å². The third-order valence-corrected chi connectivity index (χ3v) is 5.21. The van der Waals surface area contributed by atoms with E-state index in [2.05, 4.69) is 59.9 Å². The van der Waals surface area contributed by atoms with E-state index in [-0.39, 0.29) is 10.8 Å². The van der Waals surface area contributed by atoms with Crippen LogP contribution in [0.25, 0.3) is 0 Å². The lowest BCUT2D eigenvalue weighted by Gasteiger charge is -2.45. The average Bonchev–Trinajstić information content (AvgIpc) is 2.36. The Labute approximate surface area is 116 Å². The first-order chi connectivity index (χ1) is 8.35. The smallest absolute Gasteiger partial charge is 0.00811 e. The molecule has 0 rings (SSSR count). The van der Waals surface area contributed by atoms with Crippen LogP contribution in [0.3, 0.4) is 0 Å². The fourth-order valence-electron chi connectivity index (χ4n) is 2.56. The van der Waals surface area contributed by atoms with E-state index in [1.165, 1.54) is 38.5 Å². The zero-order valence-corrected chi connectivity index (χ0v) is 13.4. The molecule has 106 valence electrons. The Balaban J connectivity index is 4.34. The Morgan fingerprint density at radius 3 is 1.89 bits per heavy atom. The summed E-state index contributed by atoms with van der Waals surface area (Å²) in [6.07, 6.45) is 12.3. The van der Waals surface area contributed by atoms with Gasteiger partial charge in [0.1, 0.15) is 0 Å². The van der Waals surface area contributed by atoms with Crippen LogP contribution in [0.2, 0.25) is 0 Å². The Morgan fingerprint density at radius 1 is 0.944 bits per heavy atom. The Hall–Kier alpha value is -0.520. The van der Waals surface area contributed by atoms with Crippen LogP contribution in [0, 0.1) is 16.7 Å². The van der Waals surface area contributed by atoms with Gasteiger partial charge >= 0.3 is 0 Å². The molecule has 0 aromatic carbocycles. The normalized spacial score (nSPS) is 14.3. The van der Waals surface area contributed by atoms with Gasteiger partial charge in [0.25, 0.3) is 0 Å². The summed E-state index contributed by atoms with van der Waals surface area (Å²) >= 11 is 0. The first-order valence-corrected chi connectivity index (χ1v) is 7.63. The van der Waals surface area contributed by atoms with Crippen LogP contribution in [0.5, 0.6) is 0 Å². The summed E-state index contributed by atoms with van der Waals surface area (Å²) in [5, 5.41) is 0. The summed E-state index contributed by atoms with van der Waals surface area (Å²) in [6, 6.07) is 0. The fourth-order valence-corrected chi connectivity index (χ4v) is 2.56. The van der Waals surface area contributed by atoms with Crippen molar-refractivity contribution >= 4 is 0 Å². The molecule has 0 N–H and O–H groups in total. The van der Waals surface area contributed by atoms with Gasteiger partial charge < -0.3 is 0 Å². The molecule has 0 saturated heterocycles. The number of rotatable bonds is 10. The molecule has 0 radical (unpaired) electrons. The SMILES string of the molecule is C=CC(C)(C=C)C(C)(C)C(C)CCCCCCC. The van der Waals surface area contributed by atoms with Crippen LogP contribution in [-0.2, 0) is 0 Å². The van der Waals surface area contributed by atoms with E-state index < -0.39 is 0 Å². The predicted octanol–water partition coefficient (Wildman–Crippen LogP) is 6.39. The highest BCUT2D eigenvalue weighted by molar-refractivity contribution is 5.12. The van der Waals surface area contributed by atoms with E-state index in [1.54, 1.807) is 0 Å². The van der Waals surface area contributed by atoms with E-state index in [4.69, 9.17) is 0 Å². The number of unbranched alkanes of at least 4 members (excludes halogenated alkanes) is 4. The van der Waals surface area contributed by atoms with Crippen LogP contribution in [0.4, 0.5) is 0 Å². The highest BCUT2D eigenvalue weighted by Gasteiger charge is 2.39. The van der Waals surface area contributed by atoms with Gasteiger partial charge in [-0.3, -0.25) is 0 Å². The maximum atomic E-state index is 4.00. The third-order valence-electron chi connectivity index (χ3n) is 5.21. The van der Waals surface area contributed by atoms with Crippen molar-refractivity contribution in [1.82, 2.24) is 0 Å². The molecule has 0 aliphatic rings. The summed E-state index contributed by atoms with van der Waals surface area (Å²) in [6.45, 7) is 19.6. The van der Waals surface area contributed by atoms with Crippen molar-refractivity contribution in [3.05, 3.63) is 25.3 Å². The molecule has 0 aromatic rings. The largest absolute Gasteiger partial charge is 0.102 e. The molecule has 0 bridgehead atoms.